The Morgan fingerprint density at radius 3 is 2.43 bits per heavy atom. The molecule has 0 fully saturated rings. The van der Waals surface area contributed by atoms with Crippen LogP contribution >= 0.6 is 0 Å². The first-order chi connectivity index (χ1) is 14.4. The summed E-state index contributed by atoms with van der Waals surface area (Å²) in [5.41, 5.74) is 3.35. The predicted octanol–water partition coefficient (Wildman–Crippen LogP) is 7.86. The SMILES string of the molecule is CCC(C)(C)CC(C(C)C)C1CCc2ccccc2N=C=Nc2ccccc2OC1. The first-order valence-electron chi connectivity index (χ1n) is 11.4. The second kappa shape index (κ2) is 10.1. The molecule has 1 aliphatic heterocycles. The summed E-state index contributed by atoms with van der Waals surface area (Å²) in [5, 5.41) is 0. The van der Waals surface area contributed by atoms with E-state index in [0.717, 1.165) is 30.0 Å². The van der Waals surface area contributed by atoms with Crippen LogP contribution in [0.4, 0.5) is 11.4 Å². The largest absolute Gasteiger partial charge is 0.491 e. The zero-order valence-corrected chi connectivity index (χ0v) is 19.2. The summed E-state index contributed by atoms with van der Waals surface area (Å²) < 4.78 is 6.36. The lowest BCUT2D eigenvalue weighted by atomic mass is 9.70. The Hall–Kier alpha value is -2.38. The van der Waals surface area contributed by atoms with E-state index >= 15 is 0 Å². The Morgan fingerprint density at radius 1 is 1.03 bits per heavy atom. The van der Waals surface area contributed by atoms with E-state index in [1.807, 2.05) is 30.3 Å². The molecule has 0 amide bonds. The molecule has 0 saturated heterocycles. The van der Waals surface area contributed by atoms with Crippen molar-refractivity contribution in [1.82, 2.24) is 0 Å². The van der Waals surface area contributed by atoms with Crippen molar-refractivity contribution in [3.05, 3.63) is 54.1 Å². The molecule has 160 valence electrons. The normalized spacial score (nSPS) is 18.0. The molecule has 2 atom stereocenters. The quantitative estimate of drug-likeness (QED) is 0.499. The molecule has 0 spiro atoms. The molecule has 0 saturated carbocycles. The van der Waals surface area contributed by atoms with Gasteiger partial charge in [0, 0.05) is 0 Å². The summed E-state index contributed by atoms with van der Waals surface area (Å²) >= 11 is 0. The third kappa shape index (κ3) is 5.83. The molecule has 3 rings (SSSR count). The van der Waals surface area contributed by atoms with E-state index in [1.54, 1.807) is 0 Å². The summed E-state index contributed by atoms with van der Waals surface area (Å²) in [4.78, 5) is 8.98. The van der Waals surface area contributed by atoms with Gasteiger partial charge in [-0.3, -0.25) is 0 Å². The van der Waals surface area contributed by atoms with Gasteiger partial charge in [-0.1, -0.05) is 71.4 Å². The van der Waals surface area contributed by atoms with Crippen molar-refractivity contribution in [3.63, 3.8) is 0 Å². The van der Waals surface area contributed by atoms with Crippen LogP contribution in [0.1, 0.15) is 59.4 Å². The average Bonchev–Trinajstić information content (AvgIpc) is 2.73. The van der Waals surface area contributed by atoms with Gasteiger partial charge in [0.2, 0.25) is 0 Å². The summed E-state index contributed by atoms with van der Waals surface area (Å²) in [6.45, 7) is 12.5. The van der Waals surface area contributed by atoms with Crippen molar-refractivity contribution in [1.29, 1.82) is 0 Å². The van der Waals surface area contributed by atoms with Gasteiger partial charge < -0.3 is 4.74 Å². The molecule has 0 N–H and O–H groups in total. The number of hydrogen-bond acceptors (Lipinski definition) is 3. The maximum Gasteiger partial charge on any atom is 0.145 e. The van der Waals surface area contributed by atoms with Gasteiger partial charge in [0.25, 0.3) is 0 Å². The fourth-order valence-corrected chi connectivity index (χ4v) is 4.32. The maximum atomic E-state index is 6.36. The van der Waals surface area contributed by atoms with Crippen molar-refractivity contribution < 1.29 is 4.74 Å². The van der Waals surface area contributed by atoms with Crippen molar-refractivity contribution in [2.24, 2.45) is 33.2 Å². The zero-order valence-electron chi connectivity index (χ0n) is 19.2. The molecule has 2 aromatic rings. The molecule has 3 nitrogen and oxygen atoms in total. The van der Waals surface area contributed by atoms with Crippen LogP contribution in [-0.2, 0) is 6.42 Å². The van der Waals surface area contributed by atoms with Crippen molar-refractivity contribution >= 4 is 17.4 Å². The number of fused-ring (bicyclic) bond motifs is 2. The van der Waals surface area contributed by atoms with Crippen LogP contribution < -0.4 is 4.74 Å². The highest BCUT2D eigenvalue weighted by Gasteiger charge is 2.31. The second-order valence-corrected chi connectivity index (χ2v) is 9.66. The minimum Gasteiger partial charge on any atom is -0.491 e. The maximum absolute atomic E-state index is 6.36. The van der Waals surface area contributed by atoms with E-state index in [2.05, 4.69) is 68.8 Å². The number of hydrogen-bond donors (Lipinski definition) is 0. The van der Waals surface area contributed by atoms with Crippen LogP contribution in [0.15, 0.2) is 58.5 Å². The van der Waals surface area contributed by atoms with E-state index < -0.39 is 0 Å². The summed E-state index contributed by atoms with van der Waals surface area (Å²) in [5.74, 6) is 2.51. The Bertz CT molecular complexity index is 838. The Morgan fingerprint density at radius 2 is 1.70 bits per heavy atom. The highest BCUT2D eigenvalue weighted by Crippen LogP contribution is 2.39. The van der Waals surface area contributed by atoms with Gasteiger partial charge in [-0.25, -0.2) is 0 Å². The van der Waals surface area contributed by atoms with E-state index in [4.69, 9.17) is 4.74 Å². The van der Waals surface area contributed by atoms with Gasteiger partial charge in [-0.15, -0.1) is 0 Å². The topological polar surface area (TPSA) is 34.0 Å². The van der Waals surface area contributed by atoms with E-state index in [0.29, 0.717) is 29.8 Å². The molecule has 0 bridgehead atoms. The standard InChI is InChI=1S/C27H36N2O/c1-6-27(4,5)17-23(20(2)3)22-16-15-21-11-7-8-12-24(21)28-19-29-25-13-9-10-14-26(25)30-18-22/h7-14,20,22-23H,6,15-18H2,1-5H3. The van der Waals surface area contributed by atoms with Gasteiger partial charge in [-0.05, 0) is 66.2 Å². The Kier molecular flexibility index (Phi) is 7.50. The van der Waals surface area contributed by atoms with E-state index in [9.17, 15) is 0 Å². The first kappa shape index (κ1) is 22.3. The van der Waals surface area contributed by atoms with Gasteiger partial charge in [-0.2, -0.15) is 9.98 Å². The number of ether oxygens (including phenoxy) is 1. The third-order valence-corrected chi connectivity index (χ3v) is 6.64. The molecule has 1 heterocycles. The highest BCUT2D eigenvalue weighted by molar-refractivity contribution is 5.63. The fraction of sp³-hybridized carbons (Fsp3) is 0.519. The van der Waals surface area contributed by atoms with E-state index in [-0.39, 0.29) is 0 Å². The number of aliphatic imine (C=N–C) groups is 2. The molecular formula is C27H36N2O. The lowest BCUT2D eigenvalue weighted by Crippen LogP contribution is -2.31. The van der Waals surface area contributed by atoms with Crippen LogP contribution in [0.3, 0.4) is 0 Å². The molecule has 0 aliphatic carbocycles. The molecule has 1 aliphatic rings. The Balaban J connectivity index is 1.98. The minimum absolute atomic E-state index is 0.336. The lowest BCUT2D eigenvalue weighted by Gasteiger charge is -2.36. The van der Waals surface area contributed by atoms with Gasteiger partial charge in [0.15, 0.2) is 0 Å². The number of nitrogens with zero attached hydrogens (tertiary/aromatic N) is 2. The third-order valence-electron chi connectivity index (χ3n) is 6.64. The summed E-state index contributed by atoms with van der Waals surface area (Å²) in [6, 6.07) is 19.2. The smallest absolute Gasteiger partial charge is 0.145 e. The predicted molar refractivity (Wildman–Crippen MR) is 126 cm³/mol. The molecule has 30 heavy (non-hydrogen) atoms. The second-order valence-electron chi connectivity index (χ2n) is 9.66. The van der Waals surface area contributed by atoms with Gasteiger partial charge >= 0.3 is 0 Å². The van der Waals surface area contributed by atoms with Gasteiger partial charge in [0.05, 0.1) is 12.3 Å². The average molecular weight is 405 g/mol. The zero-order chi connectivity index (χ0) is 21.6. The van der Waals surface area contributed by atoms with Gasteiger partial charge in [0.1, 0.15) is 17.4 Å². The van der Waals surface area contributed by atoms with Crippen molar-refractivity contribution in [2.75, 3.05) is 6.61 Å². The van der Waals surface area contributed by atoms with Crippen LogP contribution in [0.2, 0.25) is 0 Å². The van der Waals surface area contributed by atoms with Crippen LogP contribution in [0.25, 0.3) is 0 Å². The number of rotatable bonds is 5. The van der Waals surface area contributed by atoms with Crippen molar-refractivity contribution in [2.45, 2.75) is 60.3 Å². The number of aryl methyl sites for hydroxylation is 1. The molecule has 2 aromatic carbocycles. The van der Waals surface area contributed by atoms with Crippen LogP contribution in [-0.4, -0.2) is 12.6 Å². The Labute approximate surface area is 182 Å². The monoisotopic (exact) mass is 404 g/mol. The summed E-state index contributed by atoms with van der Waals surface area (Å²) in [6.07, 6.45) is 4.50. The van der Waals surface area contributed by atoms with E-state index in [1.165, 1.54) is 18.4 Å². The summed E-state index contributed by atoms with van der Waals surface area (Å²) in [7, 11) is 0. The minimum atomic E-state index is 0.336. The molecule has 0 radical (unpaired) electrons. The number of para-hydroxylation sites is 3. The number of benzene rings is 2. The molecule has 0 aromatic heterocycles. The van der Waals surface area contributed by atoms with Crippen LogP contribution in [0.5, 0.6) is 5.75 Å². The van der Waals surface area contributed by atoms with Crippen LogP contribution in [0, 0.1) is 23.2 Å². The molecule has 2 unspecified atom stereocenters. The van der Waals surface area contributed by atoms with Crippen molar-refractivity contribution in [3.8, 4) is 5.75 Å². The molecule has 3 heteroatoms. The first-order valence-corrected chi connectivity index (χ1v) is 11.4. The lowest BCUT2D eigenvalue weighted by molar-refractivity contribution is 0.107. The fourth-order valence-electron chi connectivity index (χ4n) is 4.32. The molecular weight excluding hydrogens is 368 g/mol. The highest BCUT2D eigenvalue weighted by atomic mass is 16.5.